The van der Waals surface area contributed by atoms with Crippen LogP contribution in [0.4, 0.5) is 0 Å². The molecule has 76 valence electrons. The lowest BCUT2D eigenvalue weighted by Crippen LogP contribution is -2.26. The largest absolute Gasteiger partial charge is 0.508 e. The first-order valence-electron chi connectivity index (χ1n) is 5.23. The molecule has 2 heteroatoms. The van der Waals surface area contributed by atoms with Crippen LogP contribution in [-0.2, 0) is 0 Å². The van der Waals surface area contributed by atoms with E-state index in [-0.39, 0.29) is 6.04 Å². The zero-order valence-electron chi connectivity index (χ0n) is 8.53. The molecule has 1 aliphatic carbocycles. The first-order valence-corrected chi connectivity index (χ1v) is 5.23. The molecule has 1 aromatic carbocycles. The second kappa shape index (κ2) is 3.62. The molecule has 0 unspecified atom stereocenters. The third-order valence-electron chi connectivity index (χ3n) is 3.20. The zero-order chi connectivity index (χ0) is 10.1. The SMILES string of the molecule is Cc1ccc([C@@H](N)C2CCC2)c(O)c1. The topological polar surface area (TPSA) is 46.2 Å². The maximum Gasteiger partial charge on any atom is 0.120 e. The molecule has 1 aliphatic rings. The van der Waals surface area contributed by atoms with Gasteiger partial charge in [-0.1, -0.05) is 18.6 Å². The summed E-state index contributed by atoms with van der Waals surface area (Å²) >= 11 is 0. The van der Waals surface area contributed by atoms with E-state index in [1.807, 2.05) is 19.1 Å². The molecule has 0 bridgehead atoms. The van der Waals surface area contributed by atoms with Crippen molar-refractivity contribution in [3.05, 3.63) is 29.3 Å². The molecule has 1 fully saturated rings. The van der Waals surface area contributed by atoms with Gasteiger partial charge in [-0.15, -0.1) is 0 Å². The van der Waals surface area contributed by atoms with Crippen LogP contribution in [0.3, 0.4) is 0 Å². The van der Waals surface area contributed by atoms with Crippen molar-refractivity contribution in [1.82, 2.24) is 0 Å². The van der Waals surface area contributed by atoms with Gasteiger partial charge in [0.15, 0.2) is 0 Å². The molecular weight excluding hydrogens is 174 g/mol. The van der Waals surface area contributed by atoms with Crippen molar-refractivity contribution >= 4 is 0 Å². The van der Waals surface area contributed by atoms with Crippen molar-refractivity contribution in [3.63, 3.8) is 0 Å². The molecule has 0 heterocycles. The zero-order valence-corrected chi connectivity index (χ0v) is 8.53. The minimum Gasteiger partial charge on any atom is -0.508 e. The fourth-order valence-electron chi connectivity index (χ4n) is 1.99. The minimum absolute atomic E-state index is 0.0179. The number of rotatable bonds is 2. The maximum atomic E-state index is 9.75. The summed E-state index contributed by atoms with van der Waals surface area (Å²) in [6.45, 7) is 1.97. The van der Waals surface area contributed by atoms with Crippen molar-refractivity contribution < 1.29 is 5.11 Å². The Hall–Kier alpha value is -1.02. The fraction of sp³-hybridized carbons (Fsp3) is 0.500. The van der Waals surface area contributed by atoms with E-state index < -0.39 is 0 Å². The van der Waals surface area contributed by atoms with Gasteiger partial charge in [0.1, 0.15) is 5.75 Å². The van der Waals surface area contributed by atoms with Crippen LogP contribution in [-0.4, -0.2) is 5.11 Å². The predicted octanol–water partition coefficient (Wildman–Crippen LogP) is 2.50. The molecule has 1 atom stereocenters. The molecule has 0 aromatic heterocycles. The third-order valence-corrected chi connectivity index (χ3v) is 3.20. The maximum absolute atomic E-state index is 9.75. The molecular formula is C12H17NO. The van der Waals surface area contributed by atoms with Gasteiger partial charge in [-0.05, 0) is 37.3 Å². The highest BCUT2D eigenvalue weighted by Gasteiger charge is 2.26. The lowest BCUT2D eigenvalue weighted by atomic mass is 9.77. The summed E-state index contributed by atoms with van der Waals surface area (Å²) in [6.07, 6.45) is 3.69. The second-order valence-corrected chi connectivity index (χ2v) is 4.28. The number of phenolic OH excluding ortho intramolecular Hbond substituents is 1. The summed E-state index contributed by atoms with van der Waals surface area (Å²) in [5.74, 6) is 0.924. The number of benzene rings is 1. The molecule has 2 nitrogen and oxygen atoms in total. The van der Waals surface area contributed by atoms with E-state index in [4.69, 9.17) is 5.73 Å². The molecule has 0 aliphatic heterocycles. The van der Waals surface area contributed by atoms with Crippen molar-refractivity contribution in [1.29, 1.82) is 0 Å². The van der Waals surface area contributed by atoms with Gasteiger partial charge in [-0.25, -0.2) is 0 Å². The van der Waals surface area contributed by atoms with Gasteiger partial charge in [-0.3, -0.25) is 0 Å². The van der Waals surface area contributed by atoms with Crippen molar-refractivity contribution in [3.8, 4) is 5.75 Å². The Morgan fingerprint density at radius 3 is 2.64 bits per heavy atom. The van der Waals surface area contributed by atoms with E-state index in [9.17, 15) is 5.11 Å². The highest BCUT2D eigenvalue weighted by Crippen LogP contribution is 2.38. The molecule has 0 amide bonds. The summed E-state index contributed by atoms with van der Waals surface area (Å²) in [4.78, 5) is 0. The van der Waals surface area contributed by atoms with Crippen molar-refractivity contribution in [2.45, 2.75) is 32.2 Å². The van der Waals surface area contributed by atoms with Crippen molar-refractivity contribution in [2.24, 2.45) is 11.7 Å². The lowest BCUT2D eigenvalue weighted by molar-refractivity contribution is 0.260. The van der Waals surface area contributed by atoms with E-state index in [2.05, 4.69) is 0 Å². The van der Waals surface area contributed by atoms with Crippen LogP contribution in [0.5, 0.6) is 5.75 Å². The average Bonchev–Trinajstić information content (AvgIpc) is 2.00. The number of hydrogen-bond donors (Lipinski definition) is 2. The fourth-order valence-corrected chi connectivity index (χ4v) is 1.99. The van der Waals surface area contributed by atoms with Crippen LogP contribution >= 0.6 is 0 Å². The van der Waals surface area contributed by atoms with E-state index >= 15 is 0 Å². The summed E-state index contributed by atoms with van der Waals surface area (Å²) < 4.78 is 0. The first-order chi connectivity index (χ1) is 6.68. The van der Waals surface area contributed by atoms with Crippen LogP contribution in [0, 0.1) is 12.8 Å². The number of aryl methyl sites for hydroxylation is 1. The quantitative estimate of drug-likeness (QED) is 0.754. The van der Waals surface area contributed by atoms with Gasteiger partial charge in [0.05, 0.1) is 0 Å². The minimum atomic E-state index is 0.0179. The van der Waals surface area contributed by atoms with Gasteiger partial charge in [-0.2, -0.15) is 0 Å². The van der Waals surface area contributed by atoms with E-state index in [0.29, 0.717) is 11.7 Å². The number of hydrogen-bond acceptors (Lipinski definition) is 2. The van der Waals surface area contributed by atoms with Gasteiger partial charge in [0.2, 0.25) is 0 Å². The third kappa shape index (κ3) is 1.62. The first kappa shape index (κ1) is 9.53. The summed E-state index contributed by atoms with van der Waals surface area (Å²) in [7, 11) is 0. The van der Waals surface area contributed by atoms with Gasteiger partial charge in [0.25, 0.3) is 0 Å². The monoisotopic (exact) mass is 191 g/mol. The van der Waals surface area contributed by atoms with Gasteiger partial charge >= 0.3 is 0 Å². The Balaban J connectivity index is 2.22. The van der Waals surface area contributed by atoms with Crippen LogP contribution in [0.1, 0.15) is 36.4 Å². The Morgan fingerprint density at radius 2 is 2.14 bits per heavy atom. The number of aromatic hydroxyl groups is 1. The van der Waals surface area contributed by atoms with Crippen LogP contribution < -0.4 is 5.73 Å². The van der Waals surface area contributed by atoms with Crippen LogP contribution in [0.2, 0.25) is 0 Å². The summed E-state index contributed by atoms with van der Waals surface area (Å²) in [5.41, 5.74) is 8.07. The van der Waals surface area contributed by atoms with Crippen LogP contribution in [0.25, 0.3) is 0 Å². The Bertz CT molecular complexity index is 331. The van der Waals surface area contributed by atoms with Crippen LogP contribution in [0.15, 0.2) is 18.2 Å². The van der Waals surface area contributed by atoms with E-state index in [1.54, 1.807) is 6.07 Å². The molecule has 3 N–H and O–H groups in total. The summed E-state index contributed by atoms with van der Waals surface area (Å²) in [5, 5.41) is 9.75. The van der Waals surface area contributed by atoms with E-state index in [0.717, 1.165) is 11.1 Å². The Kier molecular flexibility index (Phi) is 2.46. The molecule has 0 saturated heterocycles. The molecule has 0 spiro atoms. The normalized spacial score (nSPS) is 19.0. The molecule has 2 rings (SSSR count). The Morgan fingerprint density at radius 1 is 1.43 bits per heavy atom. The molecule has 1 aromatic rings. The molecule has 0 radical (unpaired) electrons. The lowest BCUT2D eigenvalue weighted by Gasteiger charge is -2.31. The number of phenols is 1. The highest BCUT2D eigenvalue weighted by atomic mass is 16.3. The molecule has 14 heavy (non-hydrogen) atoms. The smallest absolute Gasteiger partial charge is 0.120 e. The second-order valence-electron chi connectivity index (χ2n) is 4.28. The Labute approximate surface area is 84.7 Å². The summed E-state index contributed by atoms with van der Waals surface area (Å²) in [6, 6.07) is 5.76. The van der Waals surface area contributed by atoms with Crippen molar-refractivity contribution in [2.75, 3.05) is 0 Å². The highest BCUT2D eigenvalue weighted by molar-refractivity contribution is 5.38. The van der Waals surface area contributed by atoms with Gasteiger partial charge < -0.3 is 10.8 Å². The van der Waals surface area contributed by atoms with E-state index in [1.165, 1.54) is 19.3 Å². The number of nitrogens with two attached hydrogens (primary N) is 1. The van der Waals surface area contributed by atoms with Gasteiger partial charge in [0, 0.05) is 11.6 Å². The average molecular weight is 191 g/mol. The standard InChI is InChI=1S/C12H17NO/c1-8-5-6-10(11(14)7-8)12(13)9-3-2-4-9/h5-7,9,12,14H,2-4,13H2,1H3/t12-/m0/s1. The molecule has 1 saturated carbocycles. The predicted molar refractivity (Wildman–Crippen MR) is 57.1 cm³/mol.